The standard InChI is InChI=1S/C28H17N5O/c1-3-9-18(10-4-1)25-30-26(19-11-5-2-6-12-19)32-28(31-25)33-22-17-29-16-15-20(22)24-21-13-7-8-14-23(21)34-27(24)33/h1-17H. The van der Waals surface area contributed by atoms with E-state index in [-0.39, 0.29) is 0 Å². The molecule has 0 atom stereocenters. The number of hydrogen-bond donors (Lipinski definition) is 0. The summed E-state index contributed by atoms with van der Waals surface area (Å²) in [5.41, 5.74) is 4.22. The Morgan fingerprint density at radius 2 is 1.26 bits per heavy atom. The van der Waals surface area contributed by atoms with Crippen molar-refractivity contribution in [1.29, 1.82) is 0 Å². The van der Waals surface area contributed by atoms with Gasteiger partial charge in [-0.05, 0) is 12.1 Å². The Hall–Kier alpha value is -4.84. The molecular weight excluding hydrogens is 422 g/mol. The smallest absolute Gasteiger partial charge is 0.241 e. The molecule has 0 radical (unpaired) electrons. The van der Waals surface area contributed by atoms with Gasteiger partial charge in [0.1, 0.15) is 5.58 Å². The van der Waals surface area contributed by atoms with Crippen molar-refractivity contribution in [2.24, 2.45) is 0 Å². The molecule has 0 unspecified atom stereocenters. The number of furan rings is 1. The van der Waals surface area contributed by atoms with Gasteiger partial charge in [0, 0.05) is 28.1 Å². The van der Waals surface area contributed by atoms with Crippen LogP contribution in [0.25, 0.3) is 61.7 Å². The predicted octanol–water partition coefficient (Wildman–Crippen LogP) is 6.44. The highest BCUT2D eigenvalue weighted by atomic mass is 16.3. The maximum Gasteiger partial charge on any atom is 0.241 e. The fourth-order valence-corrected chi connectivity index (χ4v) is 4.43. The van der Waals surface area contributed by atoms with Crippen LogP contribution in [0.5, 0.6) is 0 Å². The average molecular weight is 439 g/mol. The van der Waals surface area contributed by atoms with Crippen LogP contribution in [0.4, 0.5) is 0 Å². The third-order valence-electron chi connectivity index (χ3n) is 5.98. The van der Waals surface area contributed by atoms with E-state index < -0.39 is 0 Å². The number of fused-ring (bicyclic) bond motifs is 5. The first-order valence-electron chi connectivity index (χ1n) is 11.0. The molecule has 160 valence electrons. The molecule has 0 bridgehead atoms. The SMILES string of the molecule is c1ccc(-c2nc(-c3ccccc3)nc(-n3c4cnccc4c4c5ccccc5oc43)n2)cc1. The maximum absolute atomic E-state index is 6.35. The Bertz CT molecular complexity index is 1750. The van der Waals surface area contributed by atoms with Crippen molar-refractivity contribution in [2.45, 2.75) is 0 Å². The Morgan fingerprint density at radius 3 is 1.97 bits per heavy atom. The number of rotatable bonds is 3. The summed E-state index contributed by atoms with van der Waals surface area (Å²) < 4.78 is 8.29. The highest BCUT2D eigenvalue weighted by molar-refractivity contribution is 6.19. The molecule has 0 saturated carbocycles. The van der Waals surface area contributed by atoms with Crippen LogP contribution in [0.1, 0.15) is 0 Å². The van der Waals surface area contributed by atoms with E-state index in [4.69, 9.17) is 19.4 Å². The third-order valence-corrected chi connectivity index (χ3v) is 5.98. The minimum Gasteiger partial charge on any atom is -0.439 e. The fraction of sp³-hybridized carbons (Fsp3) is 0. The number of hydrogen-bond acceptors (Lipinski definition) is 5. The Morgan fingerprint density at radius 1 is 0.618 bits per heavy atom. The minimum absolute atomic E-state index is 0.486. The number of para-hydroxylation sites is 1. The van der Waals surface area contributed by atoms with E-state index in [2.05, 4.69) is 11.1 Å². The molecule has 0 aliphatic carbocycles. The summed E-state index contributed by atoms with van der Waals surface area (Å²) in [4.78, 5) is 19.0. The molecule has 4 heterocycles. The van der Waals surface area contributed by atoms with E-state index in [1.807, 2.05) is 95.7 Å². The van der Waals surface area contributed by atoms with Gasteiger partial charge in [-0.1, -0.05) is 78.9 Å². The highest BCUT2D eigenvalue weighted by Gasteiger charge is 2.22. The van der Waals surface area contributed by atoms with Crippen molar-refractivity contribution in [3.63, 3.8) is 0 Å². The van der Waals surface area contributed by atoms with Crippen LogP contribution >= 0.6 is 0 Å². The molecule has 6 nitrogen and oxygen atoms in total. The van der Waals surface area contributed by atoms with Gasteiger partial charge in [0.25, 0.3) is 0 Å². The predicted molar refractivity (Wildman–Crippen MR) is 133 cm³/mol. The maximum atomic E-state index is 6.35. The zero-order chi connectivity index (χ0) is 22.5. The second-order valence-corrected chi connectivity index (χ2v) is 8.02. The minimum atomic E-state index is 0.486. The van der Waals surface area contributed by atoms with Gasteiger partial charge in [0.05, 0.1) is 17.1 Å². The first kappa shape index (κ1) is 18.7. The van der Waals surface area contributed by atoms with E-state index in [0.717, 1.165) is 38.4 Å². The van der Waals surface area contributed by atoms with Crippen LogP contribution < -0.4 is 0 Å². The third kappa shape index (κ3) is 2.82. The summed E-state index contributed by atoms with van der Waals surface area (Å²) in [6.45, 7) is 0. The van der Waals surface area contributed by atoms with Gasteiger partial charge < -0.3 is 4.42 Å². The molecule has 0 amide bonds. The van der Waals surface area contributed by atoms with Crippen LogP contribution in [0.2, 0.25) is 0 Å². The molecule has 34 heavy (non-hydrogen) atoms. The molecule has 7 rings (SSSR count). The van der Waals surface area contributed by atoms with Crippen molar-refractivity contribution in [1.82, 2.24) is 24.5 Å². The van der Waals surface area contributed by atoms with Gasteiger partial charge in [-0.2, -0.15) is 9.97 Å². The van der Waals surface area contributed by atoms with Crippen LogP contribution in [0.3, 0.4) is 0 Å². The van der Waals surface area contributed by atoms with Crippen LogP contribution in [0, 0.1) is 0 Å². The lowest BCUT2D eigenvalue weighted by Gasteiger charge is -2.09. The largest absolute Gasteiger partial charge is 0.439 e. The molecule has 0 fully saturated rings. The van der Waals surface area contributed by atoms with Crippen molar-refractivity contribution in [3.8, 4) is 28.7 Å². The van der Waals surface area contributed by atoms with E-state index in [9.17, 15) is 0 Å². The molecule has 0 spiro atoms. The van der Waals surface area contributed by atoms with Gasteiger partial charge in [-0.25, -0.2) is 9.55 Å². The van der Waals surface area contributed by atoms with Crippen LogP contribution in [0.15, 0.2) is 108 Å². The van der Waals surface area contributed by atoms with Gasteiger partial charge in [0.2, 0.25) is 11.7 Å². The number of aromatic nitrogens is 5. The van der Waals surface area contributed by atoms with E-state index in [1.54, 1.807) is 6.20 Å². The summed E-state index contributed by atoms with van der Waals surface area (Å²) in [7, 11) is 0. The van der Waals surface area contributed by atoms with Gasteiger partial charge in [0.15, 0.2) is 11.6 Å². The molecule has 4 aromatic heterocycles. The zero-order valence-corrected chi connectivity index (χ0v) is 18.0. The number of pyridine rings is 1. The van der Waals surface area contributed by atoms with Crippen molar-refractivity contribution in [2.75, 3.05) is 0 Å². The Balaban J connectivity index is 1.59. The zero-order valence-electron chi connectivity index (χ0n) is 18.0. The van der Waals surface area contributed by atoms with Crippen molar-refractivity contribution >= 4 is 33.0 Å². The Kier molecular flexibility index (Phi) is 4.04. The number of nitrogens with zero attached hydrogens (tertiary/aromatic N) is 5. The lowest BCUT2D eigenvalue weighted by molar-refractivity contribution is 0.641. The molecule has 3 aromatic carbocycles. The van der Waals surface area contributed by atoms with Crippen LogP contribution in [-0.4, -0.2) is 24.5 Å². The lowest BCUT2D eigenvalue weighted by atomic mass is 10.1. The first-order valence-corrected chi connectivity index (χ1v) is 11.0. The summed E-state index contributed by atoms with van der Waals surface area (Å²) in [6.07, 6.45) is 3.62. The molecule has 6 heteroatoms. The van der Waals surface area contributed by atoms with Gasteiger partial charge in [-0.15, -0.1) is 0 Å². The molecule has 0 N–H and O–H groups in total. The summed E-state index contributed by atoms with van der Waals surface area (Å²) in [5.74, 6) is 1.68. The summed E-state index contributed by atoms with van der Waals surface area (Å²) in [5, 5.41) is 3.11. The lowest BCUT2D eigenvalue weighted by Crippen LogP contribution is -2.06. The van der Waals surface area contributed by atoms with Crippen molar-refractivity contribution < 1.29 is 4.42 Å². The fourth-order valence-electron chi connectivity index (χ4n) is 4.43. The van der Waals surface area contributed by atoms with Crippen molar-refractivity contribution in [3.05, 3.63) is 103 Å². The molecule has 0 aliphatic rings. The number of benzene rings is 3. The van der Waals surface area contributed by atoms with E-state index in [0.29, 0.717) is 23.3 Å². The molecule has 0 saturated heterocycles. The monoisotopic (exact) mass is 439 g/mol. The quantitative estimate of drug-likeness (QED) is 0.317. The highest BCUT2D eigenvalue weighted by Crippen LogP contribution is 2.38. The molecular formula is C28H17N5O. The summed E-state index contributed by atoms with van der Waals surface area (Å²) in [6, 6.07) is 29.9. The second kappa shape index (κ2) is 7.35. The van der Waals surface area contributed by atoms with E-state index in [1.165, 1.54) is 0 Å². The first-order chi connectivity index (χ1) is 16.9. The van der Waals surface area contributed by atoms with Gasteiger partial charge in [-0.3, -0.25) is 4.98 Å². The summed E-state index contributed by atoms with van der Waals surface area (Å²) >= 11 is 0. The van der Waals surface area contributed by atoms with Gasteiger partial charge >= 0.3 is 0 Å². The van der Waals surface area contributed by atoms with Crippen LogP contribution in [-0.2, 0) is 0 Å². The molecule has 7 aromatic rings. The van der Waals surface area contributed by atoms with E-state index >= 15 is 0 Å². The Labute approximate surface area is 194 Å². The second-order valence-electron chi connectivity index (χ2n) is 8.02. The molecule has 0 aliphatic heterocycles. The normalized spacial score (nSPS) is 11.5. The topological polar surface area (TPSA) is 69.6 Å². The average Bonchev–Trinajstić information content (AvgIpc) is 3.44.